The second-order valence-corrected chi connectivity index (χ2v) is 5.43. The minimum absolute atomic E-state index is 0.0489. The summed E-state index contributed by atoms with van der Waals surface area (Å²) < 4.78 is 5.26. The molecule has 2 unspecified atom stereocenters. The second-order valence-electron chi connectivity index (χ2n) is 5.43. The summed E-state index contributed by atoms with van der Waals surface area (Å²) in [6.07, 6.45) is 4.21. The molecule has 0 bridgehead atoms. The highest BCUT2D eigenvalue weighted by molar-refractivity contribution is 5.81. The normalized spacial score (nSPS) is 29.4. The van der Waals surface area contributed by atoms with Crippen LogP contribution in [0.15, 0.2) is 0 Å². The van der Waals surface area contributed by atoms with Crippen LogP contribution in [0.4, 0.5) is 0 Å². The van der Waals surface area contributed by atoms with Gasteiger partial charge < -0.3 is 10.1 Å². The Labute approximate surface area is 105 Å². The highest BCUT2D eigenvalue weighted by atomic mass is 16.5. The first-order valence-corrected chi connectivity index (χ1v) is 6.98. The molecule has 1 saturated carbocycles. The van der Waals surface area contributed by atoms with Gasteiger partial charge in [0.2, 0.25) is 0 Å². The third-order valence-corrected chi connectivity index (χ3v) is 3.91. The molecule has 0 amide bonds. The fourth-order valence-electron chi connectivity index (χ4n) is 2.91. The van der Waals surface area contributed by atoms with Crippen molar-refractivity contribution in [3.05, 3.63) is 0 Å². The van der Waals surface area contributed by atoms with Gasteiger partial charge in [-0.25, -0.2) is 0 Å². The van der Waals surface area contributed by atoms with Crippen LogP contribution in [-0.2, 0) is 9.53 Å². The topological polar surface area (TPSA) is 38.3 Å². The van der Waals surface area contributed by atoms with E-state index in [1.54, 1.807) is 0 Å². The predicted octanol–water partition coefficient (Wildman–Crippen LogP) is 2.74. The maximum absolute atomic E-state index is 12.2. The summed E-state index contributed by atoms with van der Waals surface area (Å²) in [6, 6.07) is 0. The molecule has 2 atom stereocenters. The summed E-state index contributed by atoms with van der Waals surface area (Å²) in [6.45, 7) is 9.72. The quantitative estimate of drug-likeness (QED) is 0.752. The van der Waals surface area contributed by atoms with Gasteiger partial charge in [-0.05, 0) is 38.1 Å². The van der Waals surface area contributed by atoms with Gasteiger partial charge in [-0.15, -0.1) is 0 Å². The van der Waals surface area contributed by atoms with Crippen LogP contribution in [0.3, 0.4) is 0 Å². The van der Waals surface area contributed by atoms with Gasteiger partial charge in [-0.1, -0.05) is 33.6 Å². The molecule has 1 fully saturated rings. The van der Waals surface area contributed by atoms with E-state index in [2.05, 4.69) is 26.1 Å². The Kier molecular flexibility index (Phi) is 5.44. The smallest absolute Gasteiger partial charge is 0.326 e. The van der Waals surface area contributed by atoms with Gasteiger partial charge in [0.25, 0.3) is 0 Å². The lowest BCUT2D eigenvalue weighted by Crippen LogP contribution is -2.56. The first-order valence-electron chi connectivity index (χ1n) is 6.98. The van der Waals surface area contributed by atoms with Crippen LogP contribution < -0.4 is 5.32 Å². The maximum Gasteiger partial charge on any atom is 0.326 e. The van der Waals surface area contributed by atoms with E-state index < -0.39 is 5.54 Å². The third-order valence-electron chi connectivity index (χ3n) is 3.91. The number of nitrogens with one attached hydrogen (secondary N) is 1. The van der Waals surface area contributed by atoms with Crippen LogP contribution in [-0.4, -0.2) is 24.7 Å². The van der Waals surface area contributed by atoms with E-state index in [1.807, 2.05) is 6.92 Å². The van der Waals surface area contributed by atoms with Crippen molar-refractivity contribution in [2.45, 2.75) is 58.9 Å². The van der Waals surface area contributed by atoms with Crippen molar-refractivity contribution < 1.29 is 9.53 Å². The van der Waals surface area contributed by atoms with Gasteiger partial charge >= 0.3 is 5.97 Å². The highest BCUT2D eigenvalue weighted by Crippen LogP contribution is 2.37. The van der Waals surface area contributed by atoms with Crippen molar-refractivity contribution >= 4 is 5.97 Å². The van der Waals surface area contributed by atoms with E-state index in [1.165, 1.54) is 6.42 Å². The Hall–Kier alpha value is -0.570. The molecule has 0 aromatic rings. The molecule has 0 aromatic heterocycles. The van der Waals surface area contributed by atoms with E-state index in [-0.39, 0.29) is 5.97 Å². The summed E-state index contributed by atoms with van der Waals surface area (Å²) in [4.78, 5) is 12.2. The van der Waals surface area contributed by atoms with Crippen LogP contribution in [0.1, 0.15) is 53.4 Å². The predicted molar refractivity (Wildman–Crippen MR) is 69.8 cm³/mol. The van der Waals surface area contributed by atoms with Crippen molar-refractivity contribution in [3.63, 3.8) is 0 Å². The molecule has 0 heterocycles. The fourth-order valence-corrected chi connectivity index (χ4v) is 2.91. The lowest BCUT2D eigenvalue weighted by Gasteiger charge is -2.40. The molecule has 17 heavy (non-hydrogen) atoms. The Morgan fingerprint density at radius 3 is 2.71 bits per heavy atom. The van der Waals surface area contributed by atoms with Crippen LogP contribution in [0.25, 0.3) is 0 Å². The van der Waals surface area contributed by atoms with Crippen molar-refractivity contribution in [1.29, 1.82) is 0 Å². The fraction of sp³-hybridized carbons (Fsp3) is 0.929. The number of carbonyl (C=O) groups excluding carboxylic acids is 1. The summed E-state index contributed by atoms with van der Waals surface area (Å²) in [5.41, 5.74) is -0.419. The molecule has 0 spiro atoms. The number of hydrogen-bond acceptors (Lipinski definition) is 3. The molecule has 0 aliphatic heterocycles. The molecule has 3 heteroatoms. The van der Waals surface area contributed by atoms with Gasteiger partial charge in [-0.3, -0.25) is 4.79 Å². The summed E-state index contributed by atoms with van der Waals surface area (Å²) in [5, 5.41) is 3.39. The van der Waals surface area contributed by atoms with E-state index >= 15 is 0 Å². The molecule has 0 radical (unpaired) electrons. The Morgan fingerprint density at radius 2 is 2.18 bits per heavy atom. The third kappa shape index (κ3) is 3.44. The van der Waals surface area contributed by atoms with Crippen molar-refractivity contribution in [2.75, 3.05) is 13.2 Å². The molecular formula is C14H27NO2. The zero-order chi connectivity index (χ0) is 12.9. The highest BCUT2D eigenvalue weighted by Gasteiger charge is 2.43. The number of hydrogen-bond donors (Lipinski definition) is 1. The van der Waals surface area contributed by atoms with E-state index in [4.69, 9.17) is 4.74 Å². The van der Waals surface area contributed by atoms with Crippen LogP contribution >= 0.6 is 0 Å². The Morgan fingerprint density at radius 1 is 1.47 bits per heavy atom. The van der Waals surface area contributed by atoms with Gasteiger partial charge in [0, 0.05) is 0 Å². The molecule has 100 valence electrons. The average Bonchev–Trinajstić information content (AvgIpc) is 2.30. The second kappa shape index (κ2) is 6.39. The number of rotatable bonds is 5. The van der Waals surface area contributed by atoms with E-state index in [0.717, 1.165) is 25.8 Å². The average molecular weight is 241 g/mol. The number of carbonyl (C=O) groups is 1. The molecule has 0 saturated heterocycles. The summed E-state index contributed by atoms with van der Waals surface area (Å²) in [5.74, 6) is 1.22. The molecule has 1 N–H and O–H groups in total. The summed E-state index contributed by atoms with van der Waals surface area (Å²) >= 11 is 0. The van der Waals surface area contributed by atoms with E-state index in [9.17, 15) is 4.79 Å². The first-order chi connectivity index (χ1) is 8.05. The number of ether oxygens (including phenoxy) is 1. The van der Waals surface area contributed by atoms with Crippen LogP contribution in [0, 0.1) is 11.8 Å². The van der Waals surface area contributed by atoms with Crippen molar-refractivity contribution in [3.8, 4) is 0 Å². The van der Waals surface area contributed by atoms with E-state index in [0.29, 0.717) is 18.4 Å². The van der Waals surface area contributed by atoms with Crippen LogP contribution in [0.2, 0.25) is 0 Å². The zero-order valence-electron chi connectivity index (χ0n) is 11.7. The van der Waals surface area contributed by atoms with Gasteiger partial charge in [0.05, 0.1) is 6.61 Å². The molecule has 3 nitrogen and oxygen atoms in total. The maximum atomic E-state index is 12.2. The minimum atomic E-state index is -0.419. The first kappa shape index (κ1) is 14.5. The standard InChI is InChI=1S/C14H27NO2/c1-5-15-14(13(16)17-6-2)9-7-8-12(10-14)11(3)4/h11-12,15H,5-10H2,1-4H3. The monoisotopic (exact) mass is 241 g/mol. The van der Waals surface area contributed by atoms with Gasteiger partial charge in [0.1, 0.15) is 5.54 Å². The molecule has 0 aromatic carbocycles. The van der Waals surface area contributed by atoms with Gasteiger partial charge in [0.15, 0.2) is 0 Å². The van der Waals surface area contributed by atoms with Crippen LogP contribution in [0.5, 0.6) is 0 Å². The summed E-state index contributed by atoms with van der Waals surface area (Å²) in [7, 11) is 0. The molecule has 1 aliphatic carbocycles. The zero-order valence-corrected chi connectivity index (χ0v) is 11.7. The Bertz CT molecular complexity index is 249. The molecular weight excluding hydrogens is 214 g/mol. The SMILES string of the molecule is CCNC1(C(=O)OCC)CCCC(C(C)C)C1. The molecule has 1 rings (SSSR count). The number of likely N-dealkylation sites (N-methyl/N-ethyl adjacent to an activating group) is 1. The molecule has 1 aliphatic rings. The van der Waals surface area contributed by atoms with Crippen molar-refractivity contribution in [2.24, 2.45) is 11.8 Å². The Balaban J connectivity index is 2.79. The minimum Gasteiger partial charge on any atom is -0.465 e. The lowest BCUT2D eigenvalue weighted by atomic mass is 9.71. The lowest BCUT2D eigenvalue weighted by molar-refractivity contribution is -0.154. The number of esters is 1. The van der Waals surface area contributed by atoms with Crippen molar-refractivity contribution in [1.82, 2.24) is 5.32 Å². The largest absolute Gasteiger partial charge is 0.465 e. The van der Waals surface area contributed by atoms with Gasteiger partial charge in [-0.2, -0.15) is 0 Å².